The molecule has 0 aliphatic carbocycles. The number of alkyl halides is 9. The smallest absolute Gasteiger partial charge is 0.383 e. The molecule has 17 nitrogen and oxygen atoms in total. The molecular formula is C27H24Cl4F9N15O2. The molecule has 0 atom stereocenters. The van der Waals surface area contributed by atoms with E-state index in [0.29, 0.717) is 11.2 Å². The number of aliphatic imine (C=N–C) groups is 1. The van der Waals surface area contributed by atoms with Crippen molar-refractivity contribution in [2.45, 2.75) is 31.6 Å². The summed E-state index contributed by atoms with van der Waals surface area (Å²) in [6.07, 6.45) is -7.07. The number of anilines is 4. The third kappa shape index (κ3) is 17.2. The van der Waals surface area contributed by atoms with Gasteiger partial charge in [0.1, 0.15) is 82.3 Å². The number of hydrogen-bond donors (Lipinski definition) is 5. The minimum Gasteiger partial charge on any atom is -0.383 e. The Labute approximate surface area is 333 Å². The average molecular weight is 903 g/mol. The Balaban J connectivity index is 0.000000266. The zero-order valence-corrected chi connectivity index (χ0v) is 31.0. The Morgan fingerprint density at radius 3 is 1.70 bits per heavy atom. The van der Waals surface area contributed by atoms with E-state index in [2.05, 4.69) is 55.5 Å². The topological polar surface area (TPSA) is 255 Å². The van der Waals surface area contributed by atoms with Gasteiger partial charge in [-0.1, -0.05) is 46.4 Å². The first-order valence-corrected chi connectivity index (χ1v) is 16.1. The number of nitrogens with one attached hydrogen (secondary N) is 2. The highest BCUT2D eigenvalue weighted by atomic mass is 35.5. The normalized spacial score (nSPS) is 12.6. The molecule has 0 saturated heterocycles. The van der Waals surface area contributed by atoms with Crippen molar-refractivity contribution in [3.05, 3.63) is 68.2 Å². The van der Waals surface area contributed by atoms with Gasteiger partial charge in [0.2, 0.25) is 0 Å². The van der Waals surface area contributed by atoms with Crippen molar-refractivity contribution in [2.75, 3.05) is 42.2 Å². The van der Waals surface area contributed by atoms with Crippen molar-refractivity contribution < 1.29 is 49.1 Å². The number of halogens is 13. The van der Waals surface area contributed by atoms with E-state index in [9.17, 15) is 49.1 Å². The molecule has 5 rings (SSSR count). The fourth-order valence-electron chi connectivity index (χ4n) is 3.56. The second-order valence-corrected chi connectivity index (χ2v) is 11.7. The maximum Gasteiger partial charge on any atom is 0.407 e. The monoisotopic (exact) mass is 901 g/mol. The lowest BCUT2D eigenvalue weighted by molar-refractivity contribution is -0.140. The van der Waals surface area contributed by atoms with Gasteiger partial charge in [0.15, 0.2) is 6.29 Å². The number of nitrogen functional groups attached to an aromatic ring is 3. The van der Waals surface area contributed by atoms with E-state index in [0.717, 1.165) is 25.2 Å². The van der Waals surface area contributed by atoms with Crippen LogP contribution in [0.3, 0.4) is 0 Å². The second-order valence-electron chi connectivity index (χ2n) is 10.3. The third-order valence-electron chi connectivity index (χ3n) is 6.02. The number of hydrogen-bond acceptors (Lipinski definition) is 15. The predicted octanol–water partition coefficient (Wildman–Crippen LogP) is 5.62. The second kappa shape index (κ2) is 21.4. The number of fused-ring (bicyclic) bond motifs is 1. The van der Waals surface area contributed by atoms with E-state index in [1.807, 2.05) is 0 Å². The molecule has 8 N–H and O–H groups in total. The lowest BCUT2D eigenvalue weighted by Gasteiger charge is -2.29. The van der Waals surface area contributed by atoms with Crippen molar-refractivity contribution >= 4 is 88.2 Å². The van der Waals surface area contributed by atoms with E-state index < -0.39 is 44.2 Å². The van der Waals surface area contributed by atoms with E-state index in [-0.39, 0.29) is 79.2 Å². The number of nitrogens with two attached hydrogens (primary N) is 3. The Hall–Kier alpha value is -5.18. The molecule has 4 aromatic rings. The van der Waals surface area contributed by atoms with Crippen LogP contribution in [0.1, 0.15) is 27.0 Å². The highest BCUT2D eigenvalue weighted by Crippen LogP contribution is 2.28. The van der Waals surface area contributed by atoms with Gasteiger partial charge in [0, 0.05) is 18.3 Å². The van der Waals surface area contributed by atoms with Crippen LogP contribution in [0.4, 0.5) is 67.6 Å². The van der Waals surface area contributed by atoms with Gasteiger partial charge in [0.05, 0.1) is 29.8 Å². The number of urea groups is 1. The van der Waals surface area contributed by atoms with Gasteiger partial charge in [0.25, 0.3) is 0 Å². The molecule has 30 heteroatoms. The summed E-state index contributed by atoms with van der Waals surface area (Å²) in [4.78, 5) is 54.1. The molecule has 5 heterocycles. The first kappa shape index (κ1) is 48.0. The van der Waals surface area contributed by atoms with Crippen LogP contribution in [0.5, 0.6) is 0 Å². The first-order valence-electron chi connectivity index (χ1n) is 14.6. The molecular weight excluding hydrogens is 879 g/mol. The maximum atomic E-state index is 12.2. The van der Waals surface area contributed by atoms with Crippen molar-refractivity contribution in [1.82, 2.24) is 50.1 Å². The van der Waals surface area contributed by atoms with Crippen LogP contribution < -0.4 is 27.8 Å². The average Bonchev–Trinajstić information content (AvgIpc) is 3.08. The number of nitrogens with zero attached hydrogens (tertiary/aromatic N) is 10. The molecule has 1 aliphatic heterocycles. The van der Waals surface area contributed by atoms with Crippen LogP contribution in [-0.2, 0) is 13.1 Å². The summed E-state index contributed by atoms with van der Waals surface area (Å²) in [6, 6.07) is -0.857. The van der Waals surface area contributed by atoms with Crippen LogP contribution in [-0.4, -0.2) is 101 Å². The quantitative estimate of drug-likeness (QED) is 0.0653. The molecule has 0 unspecified atom stereocenters. The highest BCUT2D eigenvalue weighted by molar-refractivity contribution is 6.32. The standard InChI is InChI=1S/C8H6ClF3N4O.C7H8ClF3N4.C7H6ClF3N4.C5H4ClN3O/c9-5-4-1-16(2-8(10,11)12)7(17)15-6(4)14-3-13-5;2*8-5-4(6(12)15-3-14-5)1-13-2-7(9,10)11;6-4-3(1-10)5(7)9-2-8-4/h3H,1-2H2,(H,13,14,15,17);3,13H,1-2H2,(H2,12,14,15);1,3H,2H2,(H2,12,14,15);1-2H,(H2,7,8,9). The molecule has 0 saturated carbocycles. The van der Waals surface area contributed by atoms with Crippen LogP contribution in [0.25, 0.3) is 0 Å². The first-order chi connectivity index (χ1) is 26.4. The molecule has 0 spiro atoms. The summed E-state index contributed by atoms with van der Waals surface area (Å²) in [5.41, 5.74) is 16.8. The van der Waals surface area contributed by atoms with Gasteiger partial charge in [-0.05, 0) is 0 Å². The molecule has 310 valence electrons. The van der Waals surface area contributed by atoms with Crippen LogP contribution in [0, 0.1) is 0 Å². The third-order valence-corrected chi connectivity index (χ3v) is 7.27. The Morgan fingerprint density at radius 2 is 1.23 bits per heavy atom. The maximum absolute atomic E-state index is 12.2. The Morgan fingerprint density at radius 1 is 0.719 bits per heavy atom. The molecule has 2 amide bonds. The summed E-state index contributed by atoms with van der Waals surface area (Å²) in [7, 11) is 0. The minimum absolute atomic E-state index is 0.0130. The van der Waals surface area contributed by atoms with Crippen molar-refractivity contribution in [1.29, 1.82) is 0 Å². The van der Waals surface area contributed by atoms with Crippen LogP contribution >= 0.6 is 46.4 Å². The lowest BCUT2D eigenvalue weighted by atomic mass is 10.2. The molecule has 0 fully saturated rings. The molecule has 57 heavy (non-hydrogen) atoms. The molecule has 0 aromatic carbocycles. The van der Waals surface area contributed by atoms with Gasteiger partial charge in [-0.15, -0.1) is 0 Å². The predicted molar refractivity (Wildman–Crippen MR) is 189 cm³/mol. The fourth-order valence-corrected chi connectivity index (χ4v) is 4.34. The molecule has 0 bridgehead atoms. The van der Waals surface area contributed by atoms with E-state index in [1.165, 1.54) is 6.33 Å². The number of carbonyl (C=O) groups excluding carboxylic acids is 2. The van der Waals surface area contributed by atoms with Gasteiger partial charge < -0.3 is 27.4 Å². The number of amides is 2. The zero-order chi connectivity index (χ0) is 43.1. The number of carbonyl (C=O) groups is 2. The highest BCUT2D eigenvalue weighted by Gasteiger charge is 2.36. The van der Waals surface area contributed by atoms with Gasteiger partial charge in [-0.25, -0.2) is 44.7 Å². The van der Waals surface area contributed by atoms with Crippen molar-refractivity contribution in [3.63, 3.8) is 0 Å². The summed E-state index contributed by atoms with van der Waals surface area (Å²) in [5.74, 6) is 0.314. The summed E-state index contributed by atoms with van der Waals surface area (Å²) in [5, 5.41) is 4.51. The molecule has 0 radical (unpaired) electrons. The summed E-state index contributed by atoms with van der Waals surface area (Å²) >= 11 is 22.4. The summed E-state index contributed by atoms with van der Waals surface area (Å²) in [6.45, 7) is -4.13. The van der Waals surface area contributed by atoms with Crippen molar-refractivity contribution in [2.24, 2.45) is 4.99 Å². The Kier molecular flexibility index (Phi) is 18.0. The van der Waals surface area contributed by atoms with Crippen molar-refractivity contribution in [3.8, 4) is 0 Å². The van der Waals surface area contributed by atoms with Crippen LogP contribution in [0.2, 0.25) is 20.6 Å². The number of aldehydes is 1. The van der Waals surface area contributed by atoms with E-state index in [1.54, 1.807) is 0 Å². The SMILES string of the molecule is Nc1ncnc(Cl)c1C=NCC(F)(F)F.Nc1ncnc(Cl)c1C=O.Nc1ncnc(Cl)c1CNCC(F)(F)F.O=C1Nc2ncnc(Cl)c2CN1CC(F)(F)F. The largest absolute Gasteiger partial charge is 0.407 e. The summed E-state index contributed by atoms with van der Waals surface area (Å²) < 4.78 is 107. The molecule has 1 aliphatic rings. The minimum atomic E-state index is -4.46. The number of rotatable bonds is 7. The van der Waals surface area contributed by atoms with E-state index in [4.69, 9.17) is 63.6 Å². The van der Waals surface area contributed by atoms with E-state index >= 15 is 0 Å². The molecule has 4 aromatic heterocycles. The van der Waals surface area contributed by atoms with Gasteiger partial charge in [-0.2, -0.15) is 39.5 Å². The number of aromatic nitrogens is 8. The van der Waals surface area contributed by atoms with Gasteiger partial charge >= 0.3 is 24.6 Å². The Bertz CT molecular complexity index is 1950. The van der Waals surface area contributed by atoms with Crippen LogP contribution in [0.15, 0.2) is 30.3 Å². The lowest BCUT2D eigenvalue weighted by Crippen LogP contribution is -2.44. The van der Waals surface area contributed by atoms with Gasteiger partial charge in [-0.3, -0.25) is 15.1 Å². The zero-order valence-electron chi connectivity index (χ0n) is 27.9. The fraction of sp³-hybridized carbons (Fsp3) is 0.296.